The fraction of sp³-hybridized carbons (Fsp3) is 0.167. The van der Waals surface area contributed by atoms with Gasteiger partial charge in [0.15, 0.2) is 6.61 Å². The van der Waals surface area contributed by atoms with Gasteiger partial charge in [-0.3, -0.25) is 4.79 Å². The van der Waals surface area contributed by atoms with Gasteiger partial charge < -0.3 is 14.8 Å². The fourth-order valence-electron chi connectivity index (χ4n) is 2.12. The summed E-state index contributed by atoms with van der Waals surface area (Å²) in [7, 11) is 0. The Morgan fingerprint density at radius 2 is 1.85 bits per heavy atom. The number of esters is 1. The lowest BCUT2D eigenvalue weighted by molar-refractivity contribution is -0.152. The van der Waals surface area contributed by atoms with Crippen LogP contribution in [0.2, 0.25) is 5.02 Å². The second-order valence-corrected chi connectivity index (χ2v) is 6.84. The van der Waals surface area contributed by atoms with Crippen LogP contribution >= 0.6 is 22.9 Å². The van der Waals surface area contributed by atoms with Crippen LogP contribution < -0.4 is 5.32 Å². The number of nitrogens with one attached hydrogen (secondary N) is 1. The number of fused-ring (bicyclic) bond motifs is 1. The first-order chi connectivity index (χ1) is 12.6. The van der Waals surface area contributed by atoms with Gasteiger partial charge in [0.25, 0.3) is 5.91 Å². The van der Waals surface area contributed by atoms with Gasteiger partial charge in [0, 0.05) is 10.7 Å². The molecule has 3 aromatic rings. The highest BCUT2D eigenvalue weighted by Gasteiger charge is 2.09. The number of para-hydroxylation sites is 1. The van der Waals surface area contributed by atoms with Crippen molar-refractivity contribution in [2.45, 2.75) is 6.61 Å². The fourth-order valence-corrected chi connectivity index (χ4v) is 3.15. The highest BCUT2D eigenvalue weighted by molar-refractivity contribution is 7.18. The molecule has 0 fully saturated rings. The number of carbonyl (C=O) groups excluding carboxylic acids is 2. The summed E-state index contributed by atoms with van der Waals surface area (Å²) in [4.78, 5) is 27.8. The van der Waals surface area contributed by atoms with Crippen LogP contribution in [-0.2, 0) is 25.7 Å². The lowest BCUT2D eigenvalue weighted by atomic mass is 10.3. The standard InChI is InChI=1S/C18H15ClN2O4S/c19-12-5-7-13(8-6-12)20-16(22)9-25-18(23)11-24-10-17-21-14-3-1-2-4-15(14)26-17/h1-8H,9-11H2,(H,20,22). The maximum Gasteiger partial charge on any atom is 0.332 e. The Balaban J connectivity index is 1.37. The summed E-state index contributed by atoms with van der Waals surface area (Å²) in [5.74, 6) is -1.05. The molecular weight excluding hydrogens is 376 g/mol. The van der Waals surface area contributed by atoms with Crippen molar-refractivity contribution in [1.29, 1.82) is 0 Å². The molecular formula is C18H15ClN2O4S. The van der Waals surface area contributed by atoms with Gasteiger partial charge in [-0.25, -0.2) is 9.78 Å². The number of anilines is 1. The first-order valence-electron chi connectivity index (χ1n) is 7.73. The van der Waals surface area contributed by atoms with Crippen molar-refractivity contribution in [3.05, 3.63) is 58.6 Å². The van der Waals surface area contributed by atoms with E-state index in [1.807, 2.05) is 24.3 Å². The maximum atomic E-state index is 11.7. The highest BCUT2D eigenvalue weighted by Crippen LogP contribution is 2.21. The molecule has 0 atom stereocenters. The van der Waals surface area contributed by atoms with Gasteiger partial charge in [-0.05, 0) is 36.4 Å². The van der Waals surface area contributed by atoms with Crippen molar-refractivity contribution in [1.82, 2.24) is 4.98 Å². The summed E-state index contributed by atoms with van der Waals surface area (Å²) < 4.78 is 11.2. The molecule has 0 aliphatic heterocycles. The van der Waals surface area contributed by atoms with Crippen molar-refractivity contribution >= 4 is 50.7 Å². The van der Waals surface area contributed by atoms with Crippen LogP contribution in [0, 0.1) is 0 Å². The first-order valence-corrected chi connectivity index (χ1v) is 8.93. The molecule has 2 aromatic carbocycles. The van der Waals surface area contributed by atoms with E-state index in [1.165, 1.54) is 11.3 Å². The van der Waals surface area contributed by atoms with E-state index in [-0.39, 0.29) is 19.8 Å². The normalized spacial score (nSPS) is 10.7. The lowest BCUT2D eigenvalue weighted by Gasteiger charge is -2.07. The van der Waals surface area contributed by atoms with Crippen LogP contribution in [0.1, 0.15) is 5.01 Å². The van der Waals surface area contributed by atoms with Crippen molar-refractivity contribution in [2.24, 2.45) is 0 Å². The van der Waals surface area contributed by atoms with E-state index in [4.69, 9.17) is 21.1 Å². The van der Waals surface area contributed by atoms with Crippen molar-refractivity contribution < 1.29 is 19.1 Å². The number of nitrogens with zero attached hydrogens (tertiary/aromatic N) is 1. The summed E-state index contributed by atoms with van der Waals surface area (Å²) in [6, 6.07) is 14.4. The SMILES string of the molecule is O=C(COC(=O)COCc1nc2ccccc2s1)Nc1ccc(Cl)cc1. The molecule has 1 amide bonds. The quantitative estimate of drug-likeness (QED) is 0.623. The average Bonchev–Trinajstić information content (AvgIpc) is 3.05. The number of benzene rings is 2. The van der Waals surface area contributed by atoms with Gasteiger partial charge >= 0.3 is 5.97 Å². The monoisotopic (exact) mass is 390 g/mol. The number of amides is 1. The number of carbonyl (C=O) groups is 2. The lowest BCUT2D eigenvalue weighted by Crippen LogP contribution is -2.22. The Hall–Kier alpha value is -2.48. The van der Waals surface area contributed by atoms with Gasteiger partial charge in [-0.15, -0.1) is 11.3 Å². The van der Waals surface area contributed by atoms with Gasteiger partial charge in [-0.2, -0.15) is 0 Å². The van der Waals surface area contributed by atoms with Crippen LogP contribution in [0.15, 0.2) is 48.5 Å². The Kier molecular flexibility index (Phi) is 6.17. The van der Waals surface area contributed by atoms with Crippen molar-refractivity contribution in [3.63, 3.8) is 0 Å². The van der Waals surface area contributed by atoms with E-state index in [0.717, 1.165) is 15.2 Å². The van der Waals surface area contributed by atoms with Gasteiger partial charge in [0.1, 0.15) is 11.6 Å². The summed E-state index contributed by atoms with van der Waals surface area (Å²) >= 11 is 7.27. The van der Waals surface area contributed by atoms with Crippen molar-refractivity contribution in [2.75, 3.05) is 18.5 Å². The Bertz CT molecular complexity index is 878. The third-order valence-electron chi connectivity index (χ3n) is 3.28. The highest BCUT2D eigenvalue weighted by atomic mass is 35.5. The molecule has 0 saturated carbocycles. The molecule has 0 aliphatic rings. The zero-order valence-corrected chi connectivity index (χ0v) is 15.2. The molecule has 0 spiro atoms. The van der Waals surface area contributed by atoms with Crippen LogP contribution in [0.4, 0.5) is 5.69 Å². The van der Waals surface area contributed by atoms with E-state index in [0.29, 0.717) is 10.7 Å². The van der Waals surface area contributed by atoms with Crippen LogP contribution in [0.5, 0.6) is 0 Å². The predicted molar refractivity (Wildman–Crippen MR) is 100 cm³/mol. The summed E-state index contributed by atoms with van der Waals surface area (Å²) in [6.07, 6.45) is 0. The maximum absolute atomic E-state index is 11.7. The zero-order chi connectivity index (χ0) is 18.4. The Morgan fingerprint density at radius 1 is 1.08 bits per heavy atom. The van der Waals surface area contributed by atoms with Crippen LogP contribution in [0.25, 0.3) is 10.2 Å². The Labute approximate surface area is 158 Å². The smallest absolute Gasteiger partial charge is 0.332 e. The second kappa shape index (κ2) is 8.75. The molecule has 134 valence electrons. The van der Waals surface area contributed by atoms with Gasteiger partial charge in [0.2, 0.25) is 0 Å². The third kappa shape index (κ3) is 5.26. The molecule has 0 radical (unpaired) electrons. The molecule has 0 unspecified atom stereocenters. The summed E-state index contributed by atoms with van der Waals surface area (Å²) in [6.45, 7) is -0.415. The third-order valence-corrected chi connectivity index (χ3v) is 4.54. The van der Waals surface area contributed by atoms with Crippen molar-refractivity contribution in [3.8, 4) is 0 Å². The summed E-state index contributed by atoms with van der Waals surface area (Å²) in [5, 5.41) is 3.94. The number of rotatable bonds is 7. The van der Waals surface area contributed by atoms with E-state index in [1.54, 1.807) is 24.3 Å². The summed E-state index contributed by atoms with van der Waals surface area (Å²) in [5.41, 5.74) is 1.47. The number of aromatic nitrogens is 1. The largest absolute Gasteiger partial charge is 0.454 e. The molecule has 3 rings (SSSR count). The zero-order valence-electron chi connectivity index (χ0n) is 13.6. The molecule has 1 N–H and O–H groups in total. The van der Waals surface area contributed by atoms with Crippen LogP contribution in [0.3, 0.4) is 0 Å². The number of ether oxygens (including phenoxy) is 2. The number of halogens is 1. The first kappa shape index (κ1) is 18.3. The Morgan fingerprint density at radius 3 is 2.62 bits per heavy atom. The van der Waals surface area contributed by atoms with E-state index < -0.39 is 11.9 Å². The van der Waals surface area contributed by atoms with Crippen LogP contribution in [-0.4, -0.2) is 30.1 Å². The molecule has 1 heterocycles. The predicted octanol–water partition coefficient (Wildman–Crippen LogP) is 3.65. The topological polar surface area (TPSA) is 77.5 Å². The molecule has 0 bridgehead atoms. The van der Waals surface area contributed by atoms with E-state index in [2.05, 4.69) is 10.3 Å². The molecule has 0 saturated heterocycles. The minimum atomic E-state index is -0.614. The minimum Gasteiger partial charge on any atom is -0.454 e. The second-order valence-electron chi connectivity index (χ2n) is 5.28. The number of hydrogen-bond acceptors (Lipinski definition) is 6. The molecule has 26 heavy (non-hydrogen) atoms. The van der Waals surface area contributed by atoms with E-state index >= 15 is 0 Å². The van der Waals surface area contributed by atoms with E-state index in [9.17, 15) is 9.59 Å². The van der Waals surface area contributed by atoms with Gasteiger partial charge in [-0.1, -0.05) is 23.7 Å². The van der Waals surface area contributed by atoms with Gasteiger partial charge in [0.05, 0.1) is 16.8 Å². The molecule has 8 heteroatoms. The minimum absolute atomic E-state index is 0.214. The average molecular weight is 391 g/mol. The number of thiazole rings is 1. The molecule has 0 aliphatic carbocycles. The molecule has 1 aromatic heterocycles. The molecule has 6 nitrogen and oxygen atoms in total. The number of hydrogen-bond donors (Lipinski definition) is 1.